The number of benzene rings is 1. The zero-order valence-corrected chi connectivity index (χ0v) is 15.5. The summed E-state index contributed by atoms with van der Waals surface area (Å²) in [4.78, 5) is 25.8. The molecule has 1 amide bonds. The first kappa shape index (κ1) is 19.0. The number of para-hydroxylation sites is 1. The quantitative estimate of drug-likeness (QED) is 0.848. The van der Waals surface area contributed by atoms with Gasteiger partial charge in [-0.3, -0.25) is 9.59 Å². The Kier molecular flexibility index (Phi) is 6.04. The fraction of sp³-hybridized carbons (Fsp3) is 0.579. The molecule has 2 unspecified atom stereocenters. The number of hydrogen-bond donors (Lipinski definition) is 1. The Labute approximate surface area is 158 Å². The van der Waals surface area contributed by atoms with Crippen LogP contribution in [0.4, 0.5) is 0 Å². The van der Waals surface area contributed by atoms with Gasteiger partial charge in [-0.2, -0.15) is 0 Å². The zero-order chi connectivity index (χ0) is 18.7. The number of nitrogens with zero attached hydrogens (tertiary/aromatic N) is 1. The molecule has 3 rings (SSSR count). The van der Waals surface area contributed by atoms with Gasteiger partial charge in [0.25, 0.3) is 5.91 Å². The lowest BCUT2D eigenvalue weighted by molar-refractivity contribution is -0.146. The number of aliphatic carboxylic acids is 1. The molecule has 0 saturated carbocycles. The minimum absolute atomic E-state index is 0.0782. The largest absolute Gasteiger partial charge is 0.481 e. The Morgan fingerprint density at radius 3 is 2.62 bits per heavy atom. The monoisotopic (exact) mass is 381 g/mol. The molecule has 1 aromatic rings. The van der Waals surface area contributed by atoms with Crippen LogP contribution in [0, 0.1) is 11.8 Å². The van der Waals surface area contributed by atoms with Crippen LogP contribution >= 0.6 is 11.6 Å². The molecule has 1 N–H and O–H groups in total. The fourth-order valence-electron chi connectivity index (χ4n) is 3.83. The summed E-state index contributed by atoms with van der Waals surface area (Å²) in [7, 11) is 0. The SMILES string of the molecule is CC(Oc1ccccc1Cl)C(=O)N1CCC([C@@H]2OCCC2C(=O)O)CC1. The van der Waals surface area contributed by atoms with Crippen LogP contribution in [0.25, 0.3) is 0 Å². The van der Waals surface area contributed by atoms with Crippen molar-refractivity contribution in [2.45, 2.75) is 38.4 Å². The molecule has 1 aromatic carbocycles. The summed E-state index contributed by atoms with van der Waals surface area (Å²) in [5, 5.41) is 9.79. The second kappa shape index (κ2) is 8.27. The van der Waals surface area contributed by atoms with Crippen molar-refractivity contribution in [2.75, 3.05) is 19.7 Å². The number of rotatable bonds is 5. The van der Waals surface area contributed by atoms with E-state index in [4.69, 9.17) is 21.1 Å². The number of carboxylic acids is 1. The van der Waals surface area contributed by atoms with Crippen LogP contribution in [0.5, 0.6) is 5.75 Å². The van der Waals surface area contributed by atoms with Gasteiger partial charge in [0, 0.05) is 19.7 Å². The zero-order valence-electron chi connectivity index (χ0n) is 14.8. The average molecular weight is 382 g/mol. The van der Waals surface area contributed by atoms with Crippen LogP contribution in [-0.2, 0) is 14.3 Å². The number of carbonyl (C=O) groups excluding carboxylic acids is 1. The van der Waals surface area contributed by atoms with Crippen molar-refractivity contribution in [2.24, 2.45) is 11.8 Å². The van der Waals surface area contributed by atoms with E-state index < -0.39 is 18.0 Å². The summed E-state index contributed by atoms with van der Waals surface area (Å²) in [5.41, 5.74) is 0. The number of ether oxygens (including phenoxy) is 2. The molecule has 6 nitrogen and oxygen atoms in total. The van der Waals surface area contributed by atoms with E-state index in [9.17, 15) is 14.7 Å². The highest BCUT2D eigenvalue weighted by Crippen LogP contribution is 2.33. The summed E-state index contributed by atoms with van der Waals surface area (Å²) in [6, 6.07) is 7.08. The number of piperidine rings is 1. The van der Waals surface area contributed by atoms with Crippen molar-refractivity contribution in [1.82, 2.24) is 4.90 Å². The van der Waals surface area contributed by atoms with Crippen LogP contribution in [0.15, 0.2) is 24.3 Å². The van der Waals surface area contributed by atoms with Crippen molar-refractivity contribution in [1.29, 1.82) is 0 Å². The lowest BCUT2D eigenvalue weighted by atomic mass is 9.84. The molecule has 7 heteroatoms. The van der Waals surface area contributed by atoms with Crippen molar-refractivity contribution in [3.63, 3.8) is 0 Å². The molecule has 0 radical (unpaired) electrons. The molecule has 2 aliphatic rings. The van der Waals surface area contributed by atoms with Gasteiger partial charge in [-0.25, -0.2) is 0 Å². The normalized spacial score (nSPS) is 25.1. The summed E-state index contributed by atoms with van der Waals surface area (Å²) in [5.74, 6) is -0.612. The smallest absolute Gasteiger partial charge is 0.309 e. The molecule has 142 valence electrons. The molecule has 0 spiro atoms. The number of likely N-dealkylation sites (tertiary alicyclic amines) is 1. The Bertz CT molecular complexity index is 659. The summed E-state index contributed by atoms with van der Waals surface area (Å²) in [6.07, 6.45) is 1.21. The second-order valence-electron chi connectivity index (χ2n) is 6.92. The molecule has 2 heterocycles. The first-order chi connectivity index (χ1) is 12.5. The maximum Gasteiger partial charge on any atom is 0.309 e. The van der Waals surface area contributed by atoms with Crippen molar-refractivity contribution in [3.05, 3.63) is 29.3 Å². The van der Waals surface area contributed by atoms with Gasteiger partial charge in [0.05, 0.1) is 17.0 Å². The molecular weight excluding hydrogens is 358 g/mol. The van der Waals surface area contributed by atoms with Gasteiger partial charge >= 0.3 is 5.97 Å². The molecule has 0 bridgehead atoms. The molecule has 0 aromatic heterocycles. The number of carbonyl (C=O) groups is 2. The molecular formula is C19H24ClNO5. The number of halogens is 1. The highest BCUT2D eigenvalue weighted by Gasteiger charge is 2.41. The van der Waals surface area contributed by atoms with E-state index in [0.29, 0.717) is 36.9 Å². The van der Waals surface area contributed by atoms with E-state index >= 15 is 0 Å². The van der Waals surface area contributed by atoms with Crippen LogP contribution in [0.3, 0.4) is 0 Å². The Balaban J connectivity index is 1.53. The lowest BCUT2D eigenvalue weighted by Crippen LogP contribution is -2.47. The summed E-state index contributed by atoms with van der Waals surface area (Å²) in [6.45, 7) is 3.40. The third-order valence-electron chi connectivity index (χ3n) is 5.26. The van der Waals surface area contributed by atoms with Gasteiger partial charge in [0.2, 0.25) is 0 Å². The molecule has 3 atom stereocenters. The Hall–Kier alpha value is -1.79. The van der Waals surface area contributed by atoms with Crippen molar-refractivity contribution in [3.8, 4) is 5.75 Å². The molecule has 26 heavy (non-hydrogen) atoms. The first-order valence-electron chi connectivity index (χ1n) is 9.01. The molecule has 2 saturated heterocycles. The van der Waals surface area contributed by atoms with Gasteiger partial charge in [-0.1, -0.05) is 23.7 Å². The third kappa shape index (κ3) is 4.13. The average Bonchev–Trinajstić information content (AvgIpc) is 3.13. The highest BCUT2D eigenvalue weighted by molar-refractivity contribution is 6.32. The lowest BCUT2D eigenvalue weighted by Gasteiger charge is -2.36. The van der Waals surface area contributed by atoms with Crippen molar-refractivity contribution < 1.29 is 24.2 Å². The number of amides is 1. The Morgan fingerprint density at radius 2 is 1.96 bits per heavy atom. The van der Waals surface area contributed by atoms with E-state index in [0.717, 1.165) is 12.8 Å². The minimum Gasteiger partial charge on any atom is -0.481 e. The maximum atomic E-state index is 12.6. The van der Waals surface area contributed by atoms with Crippen LogP contribution in [-0.4, -0.2) is 53.8 Å². The standard InChI is InChI=1S/C19H24ClNO5/c1-12(26-16-5-3-2-4-15(16)20)18(22)21-9-6-13(7-10-21)17-14(19(23)24)8-11-25-17/h2-5,12-14,17H,6-11H2,1H3,(H,23,24)/t12?,14?,17-/m0/s1. The van der Waals surface area contributed by atoms with E-state index in [1.54, 1.807) is 24.0 Å². The first-order valence-corrected chi connectivity index (χ1v) is 9.39. The van der Waals surface area contributed by atoms with Gasteiger partial charge in [-0.05, 0) is 44.2 Å². The summed E-state index contributed by atoms with van der Waals surface area (Å²) >= 11 is 6.08. The van der Waals surface area contributed by atoms with Gasteiger partial charge < -0.3 is 19.5 Å². The molecule has 2 fully saturated rings. The topological polar surface area (TPSA) is 76.1 Å². The maximum absolute atomic E-state index is 12.6. The van der Waals surface area contributed by atoms with E-state index in [-0.39, 0.29) is 17.9 Å². The Morgan fingerprint density at radius 1 is 1.27 bits per heavy atom. The van der Waals surface area contributed by atoms with Crippen molar-refractivity contribution >= 4 is 23.5 Å². The highest BCUT2D eigenvalue weighted by atomic mass is 35.5. The summed E-state index contributed by atoms with van der Waals surface area (Å²) < 4.78 is 11.4. The fourth-order valence-corrected chi connectivity index (χ4v) is 4.01. The van der Waals surface area contributed by atoms with E-state index in [1.807, 2.05) is 12.1 Å². The molecule has 0 aliphatic carbocycles. The van der Waals surface area contributed by atoms with Crippen LogP contribution < -0.4 is 4.74 Å². The van der Waals surface area contributed by atoms with Gasteiger partial charge in [-0.15, -0.1) is 0 Å². The van der Waals surface area contributed by atoms with Gasteiger partial charge in [0.1, 0.15) is 5.75 Å². The predicted molar refractivity (Wildman–Crippen MR) is 96.3 cm³/mol. The van der Waals surface area contributed by atoms with E-state index in [2.05, 4.69) is 0 Å². The van der Waals surface area contributed by atoms with Gasteiger partial charge in [0.15, 0.2) is 6.10 Å². The number of carboxylic acid groups (broad SMARTS) is 1. The van der Waals surface area contributed by atoms with Crippen LogP contribution in [0.2, 0.25) is 5.02 Å². The third-order valence-corrected chi connectivity index (χ3v) is 5.57. The van der Waals surface area contributed by atoms with E-state index in [1.165, 1.54) is 0 Å². The minimum atomic E-state index is -0.784. The molecule has 2 aliphatic heterocycles. The second-order valence-corrected chi connectivity index (χ2v) is 7.33. The van der Waals surface area contributed by atoms with Crippen LogP contribution in [0.1, 0.15) is 26.2 Å². The predicted octanol–water partition coefficient (Wildman–Crippen LogP) is 2.84. The number of hydrogen-bond acceptors (Lipinski definition) is 4.